The SMILES string of the molecule is COCOC(=O)c1c(C)c(C)c(OCc2ccccc2)c(C=O)c1C. The highest BCUT2D eigenvalue weighted by molar-refractivity contribution is 5.97. The molecule has 0 radical (unpaired) electrons. The number of benzene rings is 2. The molecule has 0 amide bonds. The second-order valence-electron chi connectivity index (χ2n) is 5.72. The topological polar surface area (TPSA) is 61.8 Å². The van der Waals surface area contributed by atoms with Crippen LogP contribution in [0, 0.1) is 20.8 Å². The van der Waals surface area contributed by atoms with E-state index in [1.165, 1.54) is 7.11 Å². The summed E-state index contributed by atoms with van der Waals surface area (Å²) in [6.45, 7) is 5.56. The smallest absolute Gasteiger partial charge is 0.340 e. The second-order valence-corrected chi connectivity index (χ2v) is 5.72. The fourth-order valence-corrected chi connectivity index (χ4v) is 2.69. The third-order valence-electron chi connectivity index (χ3n) is 4.16. The third kappa shape index (κ3) is 4.06. The molecule has 0 aliphatic carbocycles. The molecule has 5 nitrogen and oxygen atoms in total. The zero-order valence-corrected chi connectivity index (χ0v) is 14.9. The van der Waals surface area contributed by atoms with Crippen molar-refractivity contribution < 1.29 is 23.8 Å². The van der Waals surface area contributed by atoms with Crippen LogP contribution in [0.5, 0.6) is 5.75 Å². The predicted molar refractivity (Wildman–Crippen MR) is 94.1 cm³/mol. The molecule has 0 N–H and O–H groups in total. The number of rotatable bonds is 7. The lowest BCUT2D eigenvalue weighted by Crippen LogP contribution is -2.15. The Kier molecular flexibility index (Phi) is 6.31. The molecule has 2 aromatic rings. The molecule has 0 aliphatic heterocycles. The van der Waals surface area contributed by atoms with Gasteiger partial charge in [0.25, 0.3) is 0 Å². The van der Waals surface area contributed by atoms with E-state index in [1.807, 2.05) is 44.2 Å². The number of methoxy groups -OCH3 is 1. The molecule has 2 aromatic carbocycles. The summed E-state index contributed by atoms with van der Waals surface area (Å²) in [4.78, 5) is 24.0. The van der Waals surface area contributed by atoms with Crippen molar-refractivity contribution in [3.63, 3.8) is 0 Å². The lowest BCUT2D eigenvalue weighted by molar-refractivity contribution is -0.0126. The van der Waals surface area contributed by atoms with Gasteiger partial charge in [-0.3, -0.25) is 4.79 Å². The first-order valence-corrected chi connectivity index (χ1v) is 7.93. The summed E-state index contributed by atoms with van der Waals surface area (Å²) in [7, 11) is 1.44. The molecule has 2 rings (SSSR count). The minimum atomic E-state index is -0.516. The molecule has 0 unspecified atom stereocenters. The van der Waals surface area contributed by atoms with Crippen LogP contribution in [-0.4, -0.2) is 26.2 Å². The van der Waals surface area contributed by atoms with Gasteiger partial charge in [-0.15, -0.1) is 0 Å². The van der Waals surface area contributed by atoms with Crippen LogP contribution in [0.3, 0.4) is 0 Å². The highest BCUT2D eigenvalue weighted by atomic mass is 16.7. The van der Waals surface area contributed by atoms with E-state index in [0.29, 0.717) is 29.0 Å². The molecule has 0 atom stereocenters. The maximum Gasteiger partial charge on any atom is 0.340 e. The first-order chi connectivity index (χ1) is 12.0. The van der Waals surface area contributed by atoms with Gasteiger partial charge in [-0.25, -0.2) is 4.79 Å². The van der Waals surface area contributed by atoms with E-state index < -0.39 is 5.97 Å². The van der Waals surface area contributed by atoms with Crippen molar-refractivity contribution in [1.82, 2.24) is 0 Å². The van der Waals surface area contributed by atoms with Crippen molar-refractivity contribution >= 4 is 12.3 Å². The first-order valence-electron chi connectivity index (χ1n) is 7.93. The zero-order chi connectivity index (χ0) is 18.4. The van der Waals surface area contributed by atoms with E-state index in [4.69, 9.17) is 14.2 Å². The second kappa shape index (κ2) is 8.44. The van der Waals surface area contributed by atoms with Crippen molar-refractivity contribution in [1.29, 1.82) is 0 Å². The Labute approximate surface area is 147 Å². The molecule has 0 bridgehead atoms. The summed E-state index contributed by atoms with van der Waals surface area (Å²) in [5.74, 6) is -0.0187. The van der Waals surface area contributed by atoms with E-state index in [1.54, 1.807) is 6.92 Å². The average Bonchev–Trinajstić information content (AvgIpc) is 2.62. The number of carbonyl (C=O) groups is 2. The standard InChI is InChI=1S/C20H22O5/c1-13-14(2)19(24-11-16-8-6-5-7-9-16)17(10-21)15(3)18(13)20(22)25-12-23-4/h5-10H,11-12H2,1-4H3. The van der Waals surface area contributed by atoms with E-state index in [2.05, 4.69) is 0 Å². The molecule has 0 heterocycles. The van der Waals surface area contributed by atoms with Gasteiger partial charge in [0.05, 0.1) is 11.1 Å². The van der Waals surface area contributed by atoms with Crippen molar-refractivity contribution in [2.24, 2.45) is 0 Å². The summed E-state index contributed by atoms with van der Waals surface area (Å²) in [5.41, 5.74) is 3.76. The molecule has 0 spiro atoms. The number of carbonyl (C=O) groups excluding carboxylic acids is 2. The van der Waals surface area contributed by atoms with Gasteiger partial charge in [0, 0.05) is 7.11 Å². The van der Waals surface area contributed by atoms with Crippen LogP contribution in [-0.2, 0) is 16.1 Å². The number of hydrogen-bond donors (Lipinski definition) is 0. The summed E-state index contributed by atoms with van der Waals surface area (Å²) in [6, 6.07) is 9.69. The lowest BCUT2D eigenvalue weighted by atomic mass is 9.92. The van der Waals surface area contributed by atoms with Gasteiger partial charge in [-0.1, -0.05) is 30.3 Å². The Balaban J connectivity index is 2.41. The van der Waals surface area contributed by atoms with E-state index >= 15 is 0 Å². The Bertz CT molecular complexity index is 766. The van der Waals surface area contributed by atoms with E-state index in [-0.39, 0.29) is 6.79 Å². The largest absolute Gasteiger partial charge is 0.488 e. The highest BCUT2D eigenvalue weighted by Crippen LogP contribution is 2.33. The molecule has 0 aliphatic rings. The summed E-state index contributed by atoms with van der Waals surface area (Å²) >= 11 is 0. The average molecular weight is 342 g/mol. The Hall–Kier alpha value is -2.66. The summed E-state index contributed by atoms with van der Waals surface area (Å²) < 4.78 is 15.7. The predicted octanol–water partition coefficient (Wildman–Crippen LogP) is 3.76. The minimum Gasteiger partial charge on any atom is -0.488 e. The normalized spacial score (nSPS) is 10.4. The first kappa shape index (κ1) is 18.7. The van der Waals surface area contributed by atoms with Crippen LogP contribution in [0.2, 0.25) is 0 Å². The molecule has 0 saturated heterocycles. The quantitative estimate of drug-likeness (QED) is 0.435. The van der Waals surface area contributed by atoms with Crippen LogP contribution in [0.15, 0.2) is 30.3 Å². The van der Waals surface area contributed by atoms with Crippen LogP contribution in [0.4, 0.5) is 0 Å². The summed E-state index contributed by atoms with van der Waals surface area (Å²) in [6.07, 6.45) is 0.717. The van der Waals surface area contributed by atoms with Crippen molar-refractivity contribution in [3.05, 3.63) is 63.7 Å². The lowest BCUT2D eigenvalue weighted by Gasteiger charge is -2.19. The Morgan fingerprint density at radius 1 is 1.04 bits per heavy atom. The van der Waals surface area contributed by atoms with E-state index in [0.717, 1.165) is 23.0 Å². The molecular formula is C20H22O5. The van der Waals surface area contributed by atoms with Gasteiger partial charge < -0.3 is 14.2 Å². The summed E-state index contributed by atoms with van der Waals surface area (Å²) in [5, 5.41) is 0. The molecule has 5 heteroatoms. The third-order valence-corrected chi connectivity index (χ3v) is 4.16. The number of ether oxygens (including phenoxy) is 3. The number of hydrogen-bond acceptors (Lipinski definition) is 5. The maximum absolute atomic E-state index is 12.3. The fourth-order valence-electron chi connectivity index (χ4n) is 2.69. The number of esters is 1. The fraction of sp³-hybridized carbons (Fsp3) is 0.300. The van der Waals surface area contributed by atoms with Gasteiger partial charge >= 0.3 is 5.97 Å². The Morgan fingerprint density at radius 3 is 2.32 bits per heavy atom. The van der Waals surface area contributed by atoms with Crippen molar-refractivity contribution in [3.8, 4) is 5.75 Å². The molecule has 132 valence electrons. The Morgan fingerprint density at radius 2 is 1.72 bits per heavy atom. The number of aldehydes is 1. The van der Waals surface area contributed by atoms with Crippen LogP contribution in [0.25, 0.3) is 0 Å². The van der Waals surface area contributed by atoms with Crippen LogP contribution in [0.1, 0.15) is 43.0 Å². The molecular weight excluding hydrogens is 320 g/mol. The molecule has 0 aromatic heterocycles. The molecule has 25 heavy (non-hydrogen) atoms. The van der Waals surface area contributed by atoms with Gasteiger partial charge in [0.1, 0.15) is 12.4 Å². The van der Waals surface area contributed by atoms with Crippen molar-refractivity contribution in [2.45, 2.75) is 27.4 Å². The van der Waals surface area contributed by atoms with Crippen LogP contribution >= 0.6 is 0 Å². The monoisotopic (exact) mass is 342 g/mol. The molecule has 0 fully saturated rings. The van der Waals surface area contributed by atoms with Crippen LogP contribution < -0.4 is 4.74 Å². The minimum absolute atomic E-state index is 0.139. The highest BCUT2D eigenvalue weighted by Gasteiger charge is 2.23. The zero-order valence-electron chi connectivity index (χ0n) is 14.9. The van der Waals surface area contributed by atoms with Gasteiger partial charge in [0.2, 0.25) is 0 Å². The maximum atomic E-state index is 12.3. The van der Waals surface area contributed by atoms with E-state index in [9.17, 15) is 9.59 Å². The van der Waals surface area contributed by atoms with Crippen molar-refractivity contribution in [2.75, 3.05) is 13.9 Å². The molecule has 0 saturated carbocycles. The van der Waals surface area contributed by atoms with Gasteiger partial charge in [-0.05, 0) is 43.0 Å². The van der Waals surface area contributed by atoms with Gasteiger partial charge in [-0.2, -0.15) is 0 Å². The van der Waals surface area contributed by atoms with Gasteiger partial charge in [0.15, 0.2) is 13.1 Å².